The number of anilines is 1. The third-order valence-electron chi connectivity index (χ3n) is 3.13. The van der Waals surface area contributed by atoms with Crippen LogP contribution in [0.2, 0.25) is 0 Å². The summed E-state index contributed by atoms with van der Waals surface area (Å²) < 4.78 is 37.5. The number of carbonyl (C=O) groups is 1. The average Bonchev–Trinajstić information content (AvgIpc) is 2.92. The molecule has 0 saturated heterocycles. The molecule has 0 fully saturated rings. The fourth-order valence-electron chi connectivity index (χ4n) is 2.16. The smallest absolute Gasteiger partial charge is 0.198 e. The van der Waals surface area contributed by atoms with Gasteiger partial charge < -0.3 is 14.3 Å². The van der Waals surface area contributed by atoms with Gasteiger partial charge >= 0.3 is 0 Å². The van der Waals surface area contributed by atoms with E-state index in [4.69, 9.17) is 0 Å². The molecule has 2 aromatic heterocycles. The van der Waals surface area contributed by atoms with Crippen molar-refractivity contribution in [1.29, 1.82) is 0 Å². The summed E-state index contributed by atoms with van der Waals surface area (Å²) in [6, 6.07) is 7.30. The first kappa shape index (κ1) is 14.4. The van der Waals surface area contributed by atoms with Crippen LogP contribution in [-0.2, 0) is 11.3 Å². The molecule has 22 heavy (non-hydrogen) atoms. The molecular formula is C14H9FN3O3S-. The third kappa shape index (κ3) is 2.49. The molecule has 0 saturated carbocycles. The summed E-state index contributed by atoms with van der Waals surface area (Å²) in [7, 11) is 0. The summed E-state index contributed by atoms with van der Waals surface area (Å²) in [6.45, 7) is 0. The van der Waals surface area contributed by atoms with E-state index in [0.29, 0.717) is 11.0 Å². The Hall–Kier alpha value is -2.58. The summed E-state index contributed by atoms with van der Waals surface area (Å²) in [5.41, 5.74) is 0.279. The average molecular weight is 318 g/mol. The molecule has 112 valence electrons. The van der Waals surface area contributed by atoms with E-state index in [9.17, 15) is 17.9 Å². The maximum absolute atomic E-state index is 14.3. The molecule has 1 unspecified atom stereocenters. The van der Waals surface area contributed by atoms with Crippen molar-refractivity contribution in [2.24, 2.45) is 0 Å². The quantitative estimate of drug-likeness (QED) is 0.569. The van der Waals surface area contributed by atoms with Gasteiger partial charge in [-0.25, -0.2) is 9.37 Å². The Morgan fingerprint density at radius 3 is 2.86 bits per heavy atom. The number of fused-ring (bicyclic) bond motifs is 1. The van der Waals surface area contributed by atoms with Crippen LogP contribution in [-0.4, -0.2) is 24.5 Å². The minimum Gasteiger partial charge on any atom is -0.755 e. The summed E-state index contributed by atoms with van der Waals surface area (Å²) in [5.74, 6) is -1.48. The van der Waals surface area contributed by atoms with Crippen LogP contribution in [0.4, 0.5) is 10.1 Å². The molecule has 8 heteroatoms. The van der Waals surface area contributed by atoms with Crippen molar-refractivity contribution in [3.05, 3.63) is 59.7 Å². The van der Waals surface area contributed by atoms with Gasteiger partial charge in [-0.05, 0) is 24.3 Å². The van der Waals surface area contributed by atoms with E-state index in [1.54, 1.807) is 18.3 Å². The van der Waals surface area contributed by atoms with Crippen LogP contribution in [0.25, 0.3) is 11.0 Å². The number of nitrogens with zero attached hydrogens (tertiary/aromatic N) is 1. The monoisotopic (exact) mass is 318 g/mol. The Bertz CT molecular complexity index is 894. The molecule has 3 rings (SSSR count). The zero-order chi connectivity index (χ0) is 15.7. The van der Waals surface area contributed by atoms with Crippen molar-refractivity contribution in [3.63, 3.8) is 0 Å². The molecule has 1 aromatic carbocycles. The van der Waals surface area contributed by atoms with E-state index >= 15 is 0 Å². The second kappa shape index (κ2) is 5.66. The molecule has 0 aliphatic carbocycles. The molecule has 1 atom stereocenters. The maximum atomic E-state index is 14.3. The lowest BCUT2D eigenvalue weighted by atomic mass is 10.0. The number of hydrogen-bond donors (Lipinski definition) is 2. The molecular weight excluding hydrogens is 309 g/mol. The molecule has 2 N–H and O–H groups in total. The third-order valence-corrected chi connectivity index (χ3v) is 3.52. The van der Waals surface area contributed by atoms with Gasteiger partial charge in [0.1, 0.15) is 5.65 Å². The zero-order valence-corrected chi connectivity index (χ0v) is 11.8. The fourth-order valence-corrected chi connectivity index (χ4v) is 2.50. The van der Waals surface area contributed by atoms with Crippen LogP contribution in [0.5, 0.6) is 0 Å². The van der Waals surface area contributed by atoms with Gasteiger partial charge in [-0.2, -0.15) is 0 Å². The predicted octanol–water partition coefficient (Wildman–Crippen LogP) is 2.14. The molecule has 0 aliphatic rings. The van der Waals surface area contributed by atoms with Crippen LogP contribution in [0.3, 0.4) is 0 Å². The number of aromatic nitrogens is 2. The Morgan fingerprint density at radius 2 is 2.09 bits per heavy atom. The van der Waals surface area contributed by atoms with Crippen molar-refractivity contribution in [2.45, 2.75) is 0 Å². The number of H-pyrrole nitrogens is 1. The highest BCUT2D eigenvalue weighted by Crippen LogP contribution is 2.24. The number of pyridine rings is 1. The lowest BCUT2D eigenvalue weighted by Crippen LogP contribution is -2.09. The van der Waals surface area contributed by atoms with E-state index < -0.39 is 22.9 Å². The number of carbonyl (C=O) groups excluding carboxylic acids is 1. The topological polar surface area (TPSA) is 97.9 Å². The summed E-state index contributed by atoms with van der Waals surface area (Å²) in [4.78, 5) is 19.4. The predicted molar refractivity (Wildman–Crippen MR) is 78.5 cm³/mol. The van der Waals surface area contributed by atoms with Gasteiger partial charge in [0.15, 0.2) is 11.6 Å². The number of halogens is 1. The van der Waals surface area contributed by atoms with Crippen LogP contribution in [0.1, 0.15) is 15.9 Å². The van der Waals surface area contributed by atoms with Gasteiger partial charge in [-0.3, -0.25) is 9.00 Å². The van der Waals surface area contributed by atoms with Crippen molar-refractivity contribution >= 4 is 33.8 Å². The number of nitrogens with one attached hydrogen (secondary N) is 2. The highest BCUT2D eigenvalue weighted by atomic mass is 32.2. The summed E-state index contributed by atoms with van der Waals surface area (Å²) in [6.07, 6.45) is 3.02. The molecule has 3 aromatic rings. The van der Waals surface area contributed by atoms with Crippen LogP contribution >= 0.6 is 0 Å². The first-order valence-electron chi connectivity index (χ1n) is 6.19. The first-order chi connectivity index (χ1) is 10.6. The van der Waals surface area contributed by atoms with Crippen LogP contribution in [0.15, 0.2) is 42.7 Å². The largest absolute Gasteiger partial charge is 0.755 e. The van der Waals surface area contributed by atoms with Crippen molar-refractivity contribution in [1.82, 2.24) is 9.97 Å². The van der Waals surface area contributed by atoms with E-state index in [1.165, 1.54) is 24.4 Å². The summed E-state index contributed by atoms with van der Waals surface area (Å²) >= 11 is -2.67. The minimum absolute atomic E-state index is 0.222. The van der Waals surface area contributed by atoms with E-state index in [1.807, 2.05) is 4.72 Å². The van der Waals surface area contributed by atoms with Crippen LogP contribution < -0.4 is 4.72 Å². The Morgan fingerprint density at radius 1 is 1.27 bits per heavy atom. The molecule has 0 amide bonds. The van der Waals surface area contributed by atoms with Crippen molar-refractivity contribution < 1.29 is 17.9 Å². The SMILES string of the molecule is O=C(c1cccc(NS(=O)[O-])c1F)c1c[nH]c2ncccc12. The normalized spacial score (nSPS) is 12.3. The lowest BCUT2D eigenvalue weighted by molar-refractivity contribution is 0.103. The van der Waals surface area contributed by atoms with Crippen molar-refractivity contribution in [3.8, 4) is 0 Å². The van der Waals surface area contributed by atoms with Gasteiger partial charge in [-0.1, -0.05) is 6.07 Å². The highest BCUT2D eigenvalue weighted by Gasteiger charge is 2.19. The fraction of sp³-hybridized carbons (Fsp3) is 0. The van der Waals surface area contributed by atoms with E-state index in [0.717, 1.165) is 0 Å². The van der Waals surface area contributed by atoms with Gasteiger partial charge in [0.25, 0.3) is 0 Å². The Kier molecular flexibility index (Phi) is 3.70. The minimum atomic E-state index is -2.67. The molecule has 0 aliphatic heterocycles. The zero-order valence-electron chi connectivity index (χ0n) is 11.0. The molecule has 0 bridgehead atoms. The second-order valence-electron chi connectivity index (χ2n) is 4.43. The van der Waals surface area contributed by atoms with Gasteiger partial charge in [-0.15, -0.1) is 0 Å². The number of ketones is 1. The number of benzene rings is 1. The Labute approximate surface area is 126 Å². The summed E-state index contributed by atoms with van der Waals surface area (Å²) in [5, 5.41) is 0.567. The number of aromatic amines is 1. The lowest BCUT2D eigenvalue weighted by Gasteiger charge is -2.11. The van der Waals surface area contributed by atoms with Gasteiger partial charge in [0, 0.05) is 34.6 Å². The number of hydrogen-bond acceptors (Lipinski definition) is 4. The maximum Gasteiger partial charge on any atom is 0.198 e. The Balaban J connectivity index is 2.07. The molecule has 6 nitrogen and oxygen atoms in total. The van der Waals surface area contributed by atoms with Crippen LogP contribution in [0, 0.1) is 5.82 Å². The van der Waals surface area contributed by atoms with Gasteiger partial charge in [0.05, 0.1) is 11.3 Å². The molecule has 0 radical (unpaired) electrons. The highest BCUT2D eigenvalue weighted by molar-refractivity contribution is 7.80. The second-order valence-corrected chi connectivity index (χ2v) is 5.11. The molecule has 0 spiro atoms. The van der Waals surface area contributed by atoms with Gasteiger partial charge in [0.2, 0.25) is 0 Å². The molecule has 2 heterocycles. The standard InChI is InChI=1S/C14H10FN3O3S/c15-12-9(3-1-5-11(12)18-22(20)21)13(19)10-7-17-14-8(10)4-2-6-16-14/h1-7,18H,(H,16,17)(H,20,21)/p-1. The number of rotatable bonds is 4. The van der Waals surface area contributed by atoms with Crippen molar-refractivity contribution in [2.75, 3.05) is 4.72 Å². The van der Waals surface area contributed by atoms with E-state index in [-0.39, 0.29) is 16.8 Å². The first-order valence-corrected chi connectivity index (χ1v) is 7.26. The van der Waals surface area contributed by atoms with E-state index in [2.05, 4.69) is 9.97 Å².